The highest BCUT2D eigenvalue weighted by molar-refractivity contribution is 6.30. The number of amides is 1. The van der Waals surface area contributed by atoms with E-state index in [9.17, 15) is 9.59 Å². The van der Waals surface area contributed by atoms with Gasteiger partial charge in [-0.15, -0.1) is 0 Å². The van der Waals surface area contributed by atoms with Gasteiger partial charge in [-0.1, -0.05) is 41.9 Å². The van der Waals surface area contributed by atoms with Gasteiger partial charge in [0, 0.05) is 10.6 Å². The molecule has 2 aromatic rings. The number of nitrogens with two attached hydrogens (primary N) is 1. The van der Waals surface area contributed by atoms with Gasteiger partial charge in [0.2, 0.25) is 6.10 Å². The van der Waals surface area contributed by atoms with Crippen LogP contribution in [0, 0.1) is 6.92 Å². The van der Waals surface area contributed by atoms with Crippen LogP contribution in [-0.4, -0.2) is 18.0 Å². The number of carbonyl (C=O) groups excluding carboxylic acids is 2. The molecule has 0 aliphatic rings. The summed E-state index contributed by atoms with van der Waals surface area (Å²) >= 11 is 5.89. The first-order chi connectivity index (χ1) is 11.4. The van der Waals surface area contributed by atoms with Gasteiger partial charge in [-0.3, -0.25) is 4.79 Å². The van der Waals surface area contributed by atoms with Gasteiger partial charge >= 0.3 is 5.97 Å². The second kappa shape index (κ2) is 7.84. The van der Waals surface area contributed by atoms with E-state index >= 15 is 0 Å². The van der Waals surface area contributed by atoms with E-state index in [1.54, 1.807) is 55.5 Å². The third-order valence-corrected chi connectivity index (χ3v) is 3.60. The zero-order chi connectivity index (χ0) is 17.7. The number of rotatable bonds is 6. The fourth-order valence-corrected chi connectivity index (χ4v) is 2.34. The zero-order valence-electron chi connectivity index (χ0n) is 13.4. The molecule has 0 radical (unpaired) electrons. The summed E-state index contributed by atoms with van der Waals surface area (Å²) < 4.78 is 10.8. The van der Waals surface area contributed by atoms with Crippen LogP contribution in [0.15, 0.2) is 48.5 Å². The van der Waals surface area contributed by atoms with Crippen LogP contribution in [0.3, 0.4) is 0 Å². The standard InChI is InChI=1S/C18H18ClNO4/c1-11-10-14(19)8-9-15(11)23-12(2)18(22)24-16(17(20)21)13-6-4-3-5-7-13/h3-10,12,16H,1-2H3,(H2,20,21). The Bertz CT molecular complexity index is 733. The molecule has 2 atom stereocenters. The van der Waals surface area contributed by atoms with Crippen LogP contribution in [0.2, 0.25) is 5.02 Å². The number of carbonyl (C=O) groups is 2. The van der Waals surface area contributed by atoms with E-state index in [4.69, 9.17) is 26.8 Å². The van der Waals surface area contributed by atoms with Crippen LogP contribution in [0.5, 0.6) is 5.75 Å². The van der Waals surface area contributed by atoms with Crippen molar-refractivity contribution in [1.82, 2.24) is 0 Å². The van der Waals surface area contributed by atoms with E-state index in [2.05, 4.69) is 0 Å². The Hall–Kier alpha value is -2.53. The first-order valence-electron chi connectivity index (χ1n) is 7.36. The Labute approximate surface area is 145 Å². The second-order valence-electron chi connectivity index (χ2n) is 5.30. The molecule has 2 aromatic carbocycles. The summed E-state index contributed by atoms with van der Waals surface area (Å²) in [5.41, 5.74) is 6.64. The number of ether oxygens (including phenoxy) is 2. The summed E-state index contributed by atoms with van der Waals surface area (Å²) in [7, 11) is 0. The molecule has 2 N–H and O–H groups in total. The molecule has 0 aliphatic carbocycles. The van der Waals surface area contributed by atoms with Crippen LogP contribution in [-0.2, 0) is 14.3 Å². The number of esters is 1. The number of hydrogen-bond acceptors (Lipinski definition) is 4. The van der Waals surface area contributed by atoms with E-state index in [0.717, 1.165) is 5.56 Å². The maximum absolute atomic E-state index is 12.2. The molecule has 2 rings (SSSR count). The van der Waals surface area contributed by atoms with E-state index in [0.29, 0.717) is 16.3 Å². The molecule has 2 unspecified atom stereocenters. The SMILES string of the molecule is Cc1cc(Cl)ccc1OC(C)C(=O)OC(C(N)=O)c1ccccc1. The molecule has 126 valence electrons. The summed E-state index contributed by atoms with van der Waals surface area (Å²) in [6.07, 6.45) is -2.06. The highest BCUT2D eigenvalue weighted by Gasteiger charge is 2.26. The molecule has 0 aromatic heterocycles. The monoisotopic (exact) mass is 347 g/mol. The molecule has 0 saturated heterocycles. The minimum Gasteiger partial charge on any atom is -0.479 e. The number of benzene rings is 2. The Morgan fingerprint density at radius 3 is 2.38 bits per heavy atom. The van der Waals surface area contributed by atoms with Gasteiger partial charge in [-0.2, -0.15) is 0 Å². The van der Waals surface area contributed by atoms with Crippen LogP contribution in [0.1, 0.15) is 24.2 Å². The Morgan fingerprint density at radius 1 is 1.12 bits per heavy atom. The molecule has 6 heteroatoms. The van der Waals surface area contributed by atoms with Gasteiger partial charge in [-0.25, -0.2) is 4.79 Å². The van der Waals surface area contributed by atoms with Crippen molar-refractivity contribution in [2.24, 2.45) is 5.73 Å². The molecule has 0 aliphatic heterocycles. The summed E-state index contributed by atoms with van der Waals surface area (Å²) in [5.74, 6) is -0.916. The molecule has 0 heterocycles. The Balaban J connectivity index is 2.08. The van der Waals surface area contributed by atoms with Crippen molar-refractivity contribution in [3.63, 3.8) is 0 Å². The van der Waals surface area contributed by atoms with Gasteiger partial charge in [0.05, 0.1) is 0 Å². The lowest BCUT2D eigenvalue weighted by Crippen LogP contribution is -2.32. The molecular formula is C18H18ClNO4. The predicted octanol–water partition coefficient (Wildman–Crippen LogP) is 3.19. The lowest BCUT2D eigenvalue weighted by atomic mass is 10.1. The molecular weight excluding hydrogens is 330 g/mol. The molecule has 0 spiro atoms. The van der Waals surface area contributed by atoms with Crippen LogP contribution >= 0.6 is 11.6 Å². The lowest BCUT2D eigenvalue weighted by Gasteiger charge is -2.19. The Kier molecular flexibility index (Phi) is 5.82. The fraction of sp³-hybridized carbons (Fsp3) is 0.222. The molecule has 0 bridgehead atoms. The van der Waals surface area contributed by atoms with Crippen molar-refractivity contribution >= 4 is 23.5 Å². The molecule has 24 heavy (non-hydrogen) atoms. The van der Waals surface area contributed by atoms with Gasteiger partial charge in [0.25, 0.3) is 5.91 Å². The topological polar surface area (TPSA) is 78.6 Å². The number of halogens is 1. The summed E-state index contributed by atoms with van der Waals surface area (Å²) in [6.45, 7) is 3.36. The predicted molar refractivity (Wildman–Crippen MR) is 90.7 cm³/mol. The molecule has 5 nitrogen and oxygen atoms in total. The average Bonchev–Trinajstić information content (AvgIpc) is 2.55. The normalized spacial score (nSPS) is 13.0. The van der Waals surface area contributed by atoms with Crippen molar-refractivity contribution in [3.8, 4) is 5.75 Å². The van der Waals surface area contributed by atoms with Crippen molar-refractivity contribution in [3.05, 3.63) is 64.7 Å². The maximum Gasteiger partial charge on any atom is 0.348 e. The van der Waals surface area contributed by atoms with Crippen molar-refractivity contribution in [2.45, 2.75) is 26.1 Å². The van der Waals surface area contributed by atoms with Gasteiger partial charge in [0.1, 0.15) is 5.75 Å². The summed E-state index contributed by atoms with van der Waals surface area (Å²) in [5, 5.41) is 0.577. The lowest BCUT2D eigenvalue weighted by molar-refractivity contribution is -0.161. The minimum absolute atomic E-state index is 0.508. The summed E-state index contributed by atoms with van der Waals surface area (Å²) in [6, 6.07) is 13.6. The van der Waals surface area contributed by atoms with Gasteiger partial charge in [0.15, 0.2) is 6.10 Å². The smallest absolute Gasteiger partial charge is 0.348 e. The molecule has 0 fully saturated rings. The quantitative estimate of drug-likeness (QED) is 0.814. The third kappa shape index (κ3) is 4.49. The first kappa shape index (κ1) is 17.8. The van der Waals surface area contributed by atoms with Crippen LogP contribution in [0.4, 0.5) is 0 Å². The zero-order valence-corrected chi connectivity index (χ0v) is 14.1. The highest BCUT2D eigenvalue weighted by atomic mass is 35.5. The minimum atomic E-state index is -1.16. The third-order valence-electron chi connectivity index (χ3n) is 3.37. The van der Waals surface area contributed by atoms with Crippen molar-refractivity contribution < 1.29 is 19.1 Å². The first-order valence-corrected chi connectivity index (χ1v) is 7.74. The van der Waals surface area contributed by atoms with Crippen LogP contribution in [0.25, 0.3) is 0 Å². The van der Waals surface area contributed by atoms with Gasteiger partial charge in [-0.05, 0) is 37.6 Å². The summed E-state index contributed by atoms with van der Waals surface area (Å²) in [4.78, 5) is 23.8. The molecule has 0 saturated carbocycles. The van der Waals surface area contributed by atoms with E-state index in [-0.39, 0.29) is 0 Å². The highest BCUT2D eigenvalue weighted by Crippen LogP contribution is 2.24. The Morgan fingerprint density at radius 2 is 1.79 bits per heavy atom. The van der Waals surface area contributed by atoms with Crippen molar-refractivity contribution in [2.75, 3.05) is 0 Å². The number of aryl methyl sites for hydroxylation is 1. The van der Waals surface area contributed by atoms with Crippen LogP contribution < -0.4 is 10.5 Å². The number of hydrogen-bond donors (Lipinski definition) is 1. The van der Waals surface area contributed by atoms with Crippen molar-refractivity contribution in [1.29, 1.82) is 0 Å². The molecule has 1 amide bonds. The largest absolute Gasteiger partial charge is 0.479 e. The second-order valence-corrected chi connectivity index (χ2v) is 5.74. The van der Waals surface area contributed by atoms with E-state index in [1.807, 2.05) is 6.92 Å². The fourth-order valence-electron chi connectivity index (χ4n) is 2.11. The maximum atomic E-state index is 12.2. The van der Waals surface area contributed by atoms with E-state index < -0.39 is 24.1 Å². The van der Waals surface area contributed by atoms with E-state index in [1.165, 1.54) is 0 Å². The van der Waals surface area contributed by atoms with Gasteiger partial charge < -0.3 is 15.2 Å². The average molecular weight is 348 g/mol. The number of primary amides is 1.